The zero-order valence-corrected chi connectivity index (χ0v) is 13.2. The maximum Gasteiger partial charge on any atom is 0.160 e. The largest absolute Gasteiger partial charge is 0.305 e. The molecule has 4 nitrogen and oxygen atoms in total. The van der Waals surface area contributed by atoms with Crippen molar-refractivity contribution in [2.75, 3.05) is 0 Å². The number of hydrogen-bond acceptors (Lipinski definition) is 3. The Morgan fingerprint density at radius 3 is 2.62 bits per heavy atom. The van der Waals surface area contributed by atoms with Crippen LogP contribution < -0.4 is 0 Å². The van der Waals surface area contributed by atoms with Gasteiger partial charge >= 0.3 is 0 Å². The van der Waals surface area contributed by atoms with E-state index in [1.807, 2.05) is 30.6 Å². The molecule has 0 saturated carbocycles. The van der Waals surface area contributed by atoms with Crippen molar-refractivity contribution in [1.29, 1.82) is 5.41 Å². The zero-order chi connectivity index (χ0) is 15.8. The number of hydrogen-bond donors (Lipinski definition) is 1. The molecule has 110 valence electrons. The van der Waals surface area contributed by atoms with E-state index in [1.54, 1.807) is 6.08 Å². The van der Waals surface area contributed by atoms with Gasteiger partial charge < -0.3 is 5.41 Å². The van der Waals surface area contributed by atoms with Gasteiger partial charge in [0, 0.05) is 11.4 Å². The minimum Gasteiger partial charge on any atom is -0.305 e. The Bertz CT molecular complexity index is 567. The van der Waals surface area contributed by atoms with Gasteiger partial charge in [0.1, 0.15) is 5.82 Å². The van der Waals surface area contributed by atoms with Gasteiger partial charge in [-0.3, -0.25) is 4.57 Å². The van der Waals surface area contributed by atoms with Crippen molar-refractivity contribution < 1.29 is 0 Å². The highest BCUT2D eigenvalue weighted by molar-refractivity contribution is 6.09. The summed E-state index contributed by atoms with van der Waals surface area (Å²) in [5.41, 5.74) is 2.62. The molecule has 0 atom stereocenters. The third kappa shape index (κ3) is 4.28. The highest BCUT2D eigenvalue weighted by Gasteiger charge is 2.14. The Balaban J connectivity index is 3.29. The predicted molar refractivity (Wildman–Crippen MR) is 90.7 cm³/mol. The first-order valence-corrected chi connectivity index (χ1v) is 7.28. The lowest BCUT2D eigenvalue weighted by Crippen LogP contribution is -2.06. The Labute approximate surface area is 128 Å². The van der Waals surface area contributed by atoms with Crippen molar-refractivity contribution in [3.63, 3.8) is 0 Å². The van der Waals surface area contributed by atoms with Gasteiger partial charge in [-0.1, -0.05) is 32.3 Å². The molecule has 0 amide bonds. The summed E-state index contributed by atoms with van der Waals surface area (Å²) in [5, 5.41) is 16.2. The summed E-state index contributed by atoms with van der Waals surface area (Å²) in [6.07, 6.45) is 8.57. The Morgan fingerprint density at radius 1 is 1.38 bits per heavy atom. The van der Waals surface area contributed by atoms with Gasteiger partial charge in [0.05, 0.1) is 7.85 Å². The fourth-order valence-corrected chi connectivity index (χ4v) is 2.25. The van der Waals surface area contributed by atoms with Crippen LogP contribution in [0.5, 0.6) is 0 Å². The molecule has 1 N–H and O–H groups in total. The molecule has 1 aromatic heterocycles. The number of aromatic nitrogens is 3. The monoisotopic (exact) mass is 282 g/mol. The molecule has 0 aliphatic carbocycles. The molecule has 0 saturated heterocycles. The van der Waals surface area contributed by atoms with Crippen LogP contribution in [0.1, 0.15) is 44.8 Å². The lowest BCUT2D eigenvalue weighted by atomic mass is 9.94. The first-order valence-electron chi connectivity index (χ1n) is 7.28. The molecule has 0 aromatic carbocycles. The SMILES string of the molecule is [B]CC/C(=C/C(=N)CCC)C(=CC)n1c(C)nnc1C=C. The van der Waals surface area contributed by atoms with E-state index in [-0.39, 0.29) is 0 Å². The molecule has 1 heterocycles. The molecule has 0 bridgehead atoms. The van der Waals surface area contributed by atoms with Crippen molar-refractivity contribution in [3.8, 4) is 0 Å². The molecule has 0 spiro atoms. The molecular weight excluding hydrogens is 259 g/mol. The van der Waals surface area contributed by atoms with Crippen molar-refractivity contribution >= 4 is 25.3 Å². The van der Waals surface area contributed by atoms with Crippen molar-refractivity contribution in [1.82, 2.24) is 14.8 Å². The fraction of sp³-hybridized carbons (Fsp3) is 0.438. The molecular formula is C16H23BN4. The van der Waals surface area contributed by atoms with E-state index in [0.717, 1.165) is 29.9 Å². The van der Waals surface area contributed by atoms with Crippen LogP contribution in [0.15, 0.2) is 24.3 Å². The van der Waals surface area contributed by atoms with Crippen molar-refractivity contribution in [2.45, 2.75) is 46.4 Å². The first kappa shape index (κ1) is 17.1. The van der Waals surface area contributed by atoms with E-state index in [9.17, 15) is 0 Å². The summed E-state index contributed by atoms with van der Waals surface area (Å²) in [7, 11) is 5.73. The number of aryl methyl sites for hydroxylation is 1. The summed E-state index contributed by atoms with van der Waals surface area (Å²) in [6.45, 7) is 9.72. The molecule has 0 aliphatic rings. The summed E-state index contributed by atoms with van der Waals surface area (Å²) >= 11 is 0. The standard InChI is InChI=1S/C16H23BN4/c1-5-8-14(18)11-13(9-10-17)15(6-2)21-12(4)19-20-16(21)7-3/h6-7,11,18H,3,5,8-10H2,1-2,4H3/b13-11-,15-6?,18-14?. The van der Waals surface area contributed by atoms with E-state index in [4.69, 9.17) is 13.3 Å². The molecule has 2 radical (unpaired) electrons. The van der Waals surface area contributed by atoms with Gasteiger partial charge in [0.2, 0.25) is 0 Å². The van der Waals surface area contributed by atoms with Crippen molar-refractivity contribution in [3.05, 3.63) is 36.0 Å². The average molecular weight is 282 g/mol. The van der Waals surface area contributed by atoms with Crippen LogP contribution in [0.2, 0.25) is 6.32 Å². The summed E-state index contributed by atoms with van der Waals surface area (Å²) < 4.78 is 1.95. The number of nitrogens with one attached hydrogen (secondary N) is 1. The molecule has 21 heavy (non-hydrogen) atoms. The second-order valence-corrected chi connectivity index (χ2v) is 4.80. The van der Waals surface area contributed by atoms with Gasteiger partial charge in [-0.2, -0.15) is 0 Å². The third-order valence-electron chi connectivity index (χ3n) is 3.16. The maximum atomic E-state index is 8.04. The van der Waals surface area contributed by atoms with E-state index in [2.05, 4.69) is 23.7 Å². The van der Waals surface area contributed by atoms with Gasteiger partial charge in [-0.25, -0.2) is 0 Å². The van der Waals surface area contributed by atoms with Crippen LogP contribution >= 0.6 is 0 Å². The normalized spacial score (nSPS) is 12.5. The van der Waals surface area contributed by atoms with Gasteiger partial charge in [0.25, 0.3) is 0 Å². The van der Waals surface area contributed by atoms with E-state index in [1.165, 1.54) is 0 Å². The lowest BCUT2D eigenvalue weighted by Gasteiger charge is -2.15. The number of allylic oxidation sites excluding steroid dienone is 4. The Morgan fingerprint density at radius 2 is 2.10 bits per heavy atom. The maximum absolute atomic E-state index is 8.04. The molecule has 1 aromatic rings. The number of nitrogens with zero attached hydrogens (tertiary/aromatic N) is 3. The van der Waals surface area contributed by atoms with E-state index in [0.29, 0.717) is 24.3 Å². The van der Waals surface area contributed by atoms with Crippen LogP contribution in [-0.2, 0) is 0 Å². The highest BCUT2D eigenvalue weighted by atomic mass is 15.3. The summed E-state index contributed by atoms with van der Waals surface area (Å²) in [5.74, 6) is 1.49. The van der Waals surface area contributed by atoms with E-state index >= 15 is 0 Å². The predicted octanol–water partition coefficient (Wildman–Crippen LogP) is 3.81. The Hall–Kier alpha value is -1.91. The zero-order valence-electron chi connectivity index (χ0n) is 13.2. The molecule has 0 aliphatic heterocycles. The highest BCUT2D eigenvalue weighted by Crippen LogP contribution is 2.24. The van der Waals surface area contributed by atoms with Crippen LogP contribution in [0.4, 0.5) is 0 Å². The average Bonchev–Trinajstić information content (AvgIpc) is 2.82. The van der Waals surface area contributed by atoms with Crippen LogP contribution in [0.25, 0.3) is 11.8 Å². The molecule has 5 heteroatoms. The topological polar surface area (TPSA) is 54.6 Å². The fourth-order valence-electron chi connectivity index (χ4n) is 2.25. The van der Waals surface area contributed by atoms with Crippen molar-refractivity contribution in [2.24, 2.45) is 0 Å². The van der Waals surface area contributed by atoms with E-state index < -0.39 is 0 Å². The van der Waals surface area contributed by atoms with Crippen LogP contribution in [0.3, 0.4) is 0 Å². The molecule has 0 fully saturated rings. The molecule has 1 rings (SSSR count). The minimum atomic E-state index is 0.535. The smallest absolute Gasteiger partial charge is 0.160 e. The quantitative estimate of drug-likeness (QED) is 0.448. The second-order valence-electron chi connectivity index (χ2n) is 4.80. The minimum absolute atomic E-state index is 0.535. The third-order valence-corrected chi connectivity index (χ3v) is 3.16. The Kier molecular flexibility index (Phi) is 6.86. The van der Waals surface area contributed by atoms with Crippen LogP contribution in [-0.4, -0.2) is 28.3 Å². The van der Waals surface area contributed by atoms with Gasteiger partial charge in [-0.05, 0) is 44.4 Å². The first-order chi connectivity index (χ1) is 10.1. The number of rotatable bonds is 8. The second kappa shape index (κ2) is 8.40. The summed E-state index contributed by atoms with van der Waals surface area (Å²) in [4.78, 5) is 0. The summed E-state index contributed by atoms with van der Waals surface area (Å²) in [6, 6.07) is 0. The van der Waals surface area contributed by atoms with Gasteiger partial charge in [-0.15, -0.1) is 10.2 Å². The van der Waals surface area contributed by atoms with Crippen LogP contribution in [0, 0.1) is 12.3 Å². The molecule has 0 unspecified atom stereocenters. The van der Waals surface area contributed by atoms with Gasteiger partial charge in [0.15, 0.2) is 5.82 Å². The lowest BCUT2D eigenvalue weighted by molar-refractivity contribution is 0.957.